The summed E-state index contributed by atoms with van der Waals surface area (Å²) < 4.78 is 19.6. The van der Waals surface area contributed by atoms with Crippen molar-refractivity contribution in [3.63, 3.8) is 0 Å². The molecule has 0 saturated heterocycles. The van der Waals surface area contributed by atoms with E-state index in [1.165, 1.54) is 18.0 Å². The molecule has 214 valence electrons. The molecule has 0 aliphatic rings. The second kappa shape index (κ2) is 11.9. The SMILES string of the molecule is COc1cccc(C=Nn2c(-c3cc4cc(Br)ccc4o3)nc3ccccc3c2=O)c1OCC(=O)Nc1ccccc1C. The van der Waals surface area contributed by atoms with Gasteiger partial charge in [-0.05, 0) is 67.1 Å². The zero-order valence-electron chi connectivity index (χ0n) is 23.2. The largest absolute Gasteiger partial charge is 0.493 e. The molecule has 0 radical (unpaired) electrons. The van der Waals surface area contributed by atoms with E-state index in [0.29, 0.717) is 45.0 Å². The summed E-state index contributed by atoms with van der Waals surface area (Å²) in [6.45, 7) is 1.64. The Labute approximate surface area is 254 Å². The van der Waals surface area contributed by atoms with Gasteiger partial charge in [0.25, 0.3) is 11.5 Å². The van der Waals surface area contributed by atoms with Crippen LogP contribution in [0.2, 0.25) is 0 Å². The van der Waals surface area contributed by atoms with Crippen LogP contribution in [0.3, 0.4) is 0 Å². The number of halogens is 1. The molecule has 0 spiro atoms. The van der Waals surface area contributed by atoms with Gasteiger partial charge in [-0.3, -0.25) is 9.59 Å². The van der Waals surface area contributed by atoms with Crippen LogP contribution < -0.4 is 20.3 Å². The van der Waals surface area contributed by atoms with Crippen molar-refractivity contribution >= 4 is 55.6 Å². The number of nitrogens with zero attached hydrogens (tertiary/aromatic N) is 3. The lowest BCUT2D eigenvalue weighted by molar-refractivity contribution is -0.118. The Balaban J connectivity index is 1.38. The van der Waals surface area contributed by atoms with E-state index in [9.17, 15) is 9.59 Å². The Kier molecular flexibility index (Phi) is 7.76. The minimum atomic E-state index is -0.374. The van der Waals surface area contributed by atoms with Gasteiger partial charge in [-0.2, -0.15) is 9.78 Å². The van der Waals surface area contributed by atoms with Gasteiger partial charge in [0.1, 0.15) is 5.58 Å². The predicted octanol–water partition coefficient (Wildman–Crippen LogP) is 6.79. The van der Waals surface area contributed by atoms with E-state index < -0.39 is 0 Å². The van der Waals surface area contributed by atoms with Crippen molar-refractivity contribution in [2.45, 2.75) is 6.92 Å². The van der Waals surface area contributed by atoms with Gasteiger partial charge in [0.2, 0.25) is 5.82 Å². The number of carbonyl (C=O) groups is 1. The van der Waals surface area contributed by atoms with Crippen LogP contribution in [0.5, 0.6) is 11.5 Å². The second-order valence-corrected chi connectivity index (χ2v) is 10.6. The molecule has 0 bridgehead atoms. The molecule has 0 unspecified atom stereocenters. The number of amides is 1. The summed E-state index contributed by atoms with van der Waals surface area (Å²) in [4.78, 5) is 31.1. The standard InChI is InChI=1S/C33H25BrN4O5/c1-20-8-3-5-11-25(20)36-30(39)19-42-31-21(9-7-13-28(31)41-2)18-35-38-32(37-26-12-6-4-10-24(26)33(38)40)29-17-22-16-23(34)14-15-27(22)43-29/h3-18H,19H2,1-2H3,(H,36,39). The molecular formula is C33H25BrN4O5. The number of ether oxygens (including phenoxy) is 2. The summed E-state index contributed by atoms with van der Waals surface area (Å²) in [6.07, 6.45) is 1.47. The average molecular weight is 637 g/mol. The molecule has 0 fully saturated rings. The van der Waals surface area contributed by atoms with Crippen LogP contribution in [-0.2, 0) is 4.79 Å². The first-order valence-corrected chi connectivity index (χ1v) is 14.1. The molecule has 0 saturated carbocycles. The predicted molar refractivity (Wildman–Crippen MR) is 170 cm³/mol. The second-order valence-electron chi connectivity index (χ2n) is 9.64. The number of para-hydroxylation sites is 3. The number of carbonyl (C=O) groups excluding carboxylic acids is 1. The molecule has 2 heterocycles. The fourth-order valence-electron chi connectivity index (χ4n) is 4.62. The first-order valence-electron chi connectivity index (χ1n) is 13.3. The number of hydrogen-bond donors (Lipinski definition) is 1. The van der Waals surface area contributed by atoms with Crippen LogP contribution in [-0.4, -0.2) is 35.5 Å². The first-order chi connectivity index (χ1) is 20.9. The van der Waals surface area contributed by atoms with Crippen molar-refractivity contribution in [2.75, 3.05) is 19.0 Å². The Bertz CT molecular complexity index is 2080. The third kappa shape index (κ3) is 5.77. The smallest absolute Gasteiger partial charge is 0.282 e. The number of rotatable bonds is 8. The normalized spacial score (nSPS) is 11.3. The minimum Gasteiger partial charge on any atom is -0.493 e. The van der Waals surface area contributed by atoms with Gasteiger partial charge in [0.15, 0.2) is 23.9 Å². The first kappa shape index (κ1) is 27.9. The number of aryl methyl sites for hydroxylation is 1. The van der Waals surface area contributed by atoms with Crippen LogP contribution in [0.15, 0.2) is 110 Å². The number of anilines is 1. The Hall–Kier alpha value is -5.22. The van der Waals surface area contributed by atoms with E-state index in [-0.39, 0.29) is 23.9 Å². The maximum Gasteiger partial charge on any atom is 0.282 e. The van der Waals surface area contributed by atoms with Gasteiger partial charge in [0.05, 0.1) is 24.2 Å². The Morgan fingerprint density at radius 1 is 1.05 bits per heavy atom. The molecule has 43 heavy (non-hydrogen) atoms. The molecule has 0 aliphatic heterocycles. The molecule has 1 amide bonds. The fraction of sp³-hybridized carbons (Fsp3) is 0.0909. The molecule has 2 aromatic heterocycles. The maximum absolute atomic E-state index is 13.7. The summed E-state index contributed by atoms with van der Waals surface area (Å²) in [7, 11) is 1.51. The summed E-state index contributed by atoms with van der Waals surface area (Å²) in [5.74, 6) is 0.973. The van der Waals surface area contributed by atoms with Gasteiger partial charge in [-0.25, -0.2) is 4.98 Å². The maximum atomic E-state index is 13.7. The molecule has 6 rings (SSSR count). The number of aromatic nitrogens is 2. The Morgan fingerprint density at radius 3 is 2.70 bits per heavy atom. The highest BCUT2D eigenvalue weighted by Crippen LogP contribution is 2.31. The summed E-state index contributed by atoms with van der Waals surface area (Å²) in [5, 5.41) is 8.64. The molecule has 9 nitrogen and oxygen atoms in total. The van der Waals surface area contributed by atoms with Crippen LogP contribution in [0.4, 0.5) is 5.69 Å². The molecule has 10 heteroatoms. The van der Waals surface area contributed by atoms with E-state index in [1.807, 2.05) is 61.5 Å². The van der Waals surface area contributed by atoms with Crippen molar-refractivity contribution in [1.82, 2.24) is 9.66 Å². The van der Waals surface area contributed by atoms with E-state index in [4.69, 9.17) is 18.9 Å². The average Bonchev–Trinajstić information content (AvgIpc) is 3.44. The van der Waals surface area contributed by atoms with Crippen molar-refractivity contribution in [2.24, 2.45) is 5.10 Å². The van der Waals surface area contributed by atoms with E-state index in [1.54, 1.807) is 36.4 Å². The van der Waals surface area contributed by atoms with Gasteiger partial charge in [-0.15, -0.1) is 0 Å². The van der Waals surface area contributed by atoms with Crippen LogP contribution in [0.1, 0.15) is 11.1 Å². The van der Waals surface area contributed by atoms with Gasteiger partial charge < -0.3 is 19.2 Å². The van der Waals surface area contributed by atoms with Crippen molar-refractivity contribution in [1.29, 1.82) is 0 Å². The van der Waals surface area contributed by atoms with Crippen molar-refractivity contribution in [3.8, 4) is 23.1 Å². The minimum absolute atomic E-state index is 0.232. The summed E-state index contributed by atoms with van der Waals surface area (Å²) >= 11 is 3.48. The molecule has 4 aromatic carbocycles. The molecular weight excluding hydrogens is 612 g/mol. The Morgan fingerprint density at radius 2 is 1.86 bits per heavy atom. The number of nitrogens with one attached hydrogen (secondary N) is 1. The zero-order valence-corrected chi connectivity index (χ0v) is 24.8. The van der Waals surface area contributed by atoms with Crippen LogP contribution >= 0.6 is 15.9 Å². The van der Waals surface area contributed by atoms with Gasteiger partial charge >= 0.3 is 0 Å². The zero-order chi connectivity index (χ0) is 29.9. The number of benzene rings is 4. The lowest BCUT2D eigenvalue weighted by Gasteiger charge is -2.14. The van der Waals surface area contributed by atoms with Crippen molar-refractivity contribution in [3.05, 3.63) is 117 Å². The highest BCUT2D eigenvalue weighted by atomic mass is 79.9. The number of methoxy groups -OCH3 is 1. The van der Waals surface area contributed by atoms with E-state index >= 15 is 0 Å². The highest BCUT2D eigenvalue weighted by molar-refractivity contribution is 9.10. The molecule has 0 aliphatic carbocycles. The van der Waals surface area contributed by atoms with E-state index in [2.05, 4.69) is 26.3 Å². The van der Waals surface area contributed by atoms with Crippen LogP contribution in [0, 0.1) is 6.92 Å². The molecule has 1 N–H and O–H groups in total. The van der Waals surface area contributed by atoms with Crippen molar-refractivity contribution < 1.29 is 18.7 Å². The lowest BCUT2D eigenvalue weighted by atomic mass is 10.2. The van der Waals surface area contributed by atoms with Crippen LogP contribution in [0.25, 0.3) is 33.5 Å². The number of hydrogen-bond acceptors (Lipinski definition) is 7. The third-order valence-electron chi connectivity index (χ3n) is 6.76. The highest BCUT2D eigenvalue weighted by Gasteiger charge is 2.18. The summed E-state index contributed by atoms with van der Waals surface area (Å²) in [5.41, 5.74) is 2.91. The molecule has 0 atom stereocenters. The van der Waals surface area contributed by atoms with Gasteiger partial charge in [0, 0.05) is 21.1 Å². The monoisotopic (exact) mass is 636 g/mol. The number of fused-ring (bicyclic) bond motifs is 2. The quantitative estimate of drug-likeness (QED) is 0.184. The van der Waals surface area contributed by atoms with E-state index in [0.717, 1.165) is 15.4 Å². The van der Waals surface area contributed by atoms with Gasteiger partial charge in [-0.1, -0.05) is 52.3 Å². The fourth-order valence-corrected chi connectivity index (χ4v) is 5.00. The summed E-state index contributed by atoms with van der Waals surface area (Å²) in [6, 6.07) is 27.2. The molecule has 6 aromatic rings. The topological polar surface area (TPSA) is 108 Å². The lowest BCUT2D eigenvalue weighted by Crippen LogP contribution is -2.21. The third-order valence-corrected chi connectivity index (χ3v) is 7.25. The number of furan rings is 1.